The van der Waals surface area contributed by atoms with Crippen molar-refractivity contribution in [2.75, 3.05) is 17.7 Å². The number of para-hydroxylation sites is 2. The molecule has 1 atom stereocenters. The monoisotopic (exact) mass is 589 g/mol. The molecule has 2 heterocycles. The van der Waals surface area contributed by atoms with Crippen molar-refractivity contribution < 1.29 is 14.3 Å². The number of carbonyl (C=O) groups is 1. The van der Waals surface area contributed by atoms with Crippen LogP contribution in [0.1, 0.15) is 29.7 Å². The molecule has 1 aliphatic rings. The van der Waals surface area contributed by atoms with Crippen LogP contribution in [0, 0.1) is 0 Å². The molecule has 1 unspecified atom stereocenters. The summed E-state index contributed by atoms with van der Waals surface area (Å²) in [7, 11) is 1.58. The van der Waals surface area contributed by atoms with Crippen LogP contribution >= 0.6 is 11.8 Å². The maximum Gasteiger partial charge on any atom is 0.255 e. The van der Waals surface area contributed by atoms with Gasteiger partial charge in [0, 0.05) is 11.4 Å². The minimum absolute atomic E-state index is 0.261. The van der Waals surface area contributed by atoms with Crippen molar-refractivity contribution in [2.45, 2.75) is 30.5 Å². The van der Waals surface area contributed by atoms with Crippen LogP contribution in [0.4, 0.5) is 11.6 Å². The van der Waals surface area contributed by atoms with Gasteiger partial charge in [0.05, 0.1) is 18.4 Å². The predicted molar refractivity (Wildman–Crippen MR) is 169 cm³/mol. The van der Waals surface area contributed by atoms with Gasteiger partial charge in [-0.2, -0.15) is 4.98 Å². The molecule has 0 saturated heterocycles. The molecule has 43 heavy (non-hydrogen) atoms. The third kappa shape index (κ3) is 6.42. The van der Waals surface area contributed by atoms with E-state index >= 15 is 0 Å². The maximum atomic E-state index is 13.9. The number of nitrogens with one attached hydrogen (secondary N) is 2. The van der Waals surface area contributed by atoms with Gasteiger partial charge in [0.2, 0.25) is 11.1 Å². The summed E-state index contributed by atoms with van der Waals surface area (Å²) in [5.74, 6) is 2.37. The summed E-state index contributed by atoms with van der Waals surface area (Å²) < 4.78 is 13.3. The lowest BCUT2D eigenvalue weighted by atomic mass is 9.95. The molecule has 1 amide bonds. The average Bonchev–Trinajstić information content (AvgIpc) is 3.46. The molecule has 9 heteroatoms. The van der Waals surface area contributed by atoms with E-state index in [0.717, 1.165) is 22.6 Å². The number of amides is 1. The van der Waals surface area contributed by atoms with E-state index < -0.39 is 6.04 Å². The Morgan fingerprint density at radius 3 is 2.30 bits per heavy atom. The fourth-order valence-electron chi connectivity index (χ4n) is 4.94. The zero-order valence-electron chi connectivity index (χ0n) is 23.9. The predicted octanol–water partition coefficient (Wildman–Crippen LogP) is 7.09. The Morgan fingerprint density at radius 2 is 1.58 bits per heavy atom. The van der Waals surface area contributed by atoms with Gasteiger partial charge in [-0.15, -0.1) is 5.10 Å². The van der Waals surface area contributed by atoms with Crippen LogP contribution in [0.2, 0.25) is 0 Å². The molecule has 0 aliphatic carbocycles. The van der Waals surface area contributed by atoms with Crippen molar-refractivity contribution in [1.82, 2.24) is 14.8 Å². The first-order valence-electron chi connectivity index (χ1n) is 13.9. The number of aromatic nitrogens is 3. The van der Waals surface area contributed by atoms with E-state index in [4.69, 9.17) is 19.6 Å². The highest BCUT2D eigenvalue weighted by atomic mass is 32.2. The molecule has 0 spiro atoms. The molecule has 5 aromatic rings. The van der Waals surface area contributed by atoms with E-state index in [1.165, 1.54) is 5.56 Å². The highest BCUT2D eigenvalue weighted by Crippen LogP contribution is 2.38. The van der Waals surface area contributed by atoms with E-state index in [1.54, 1.807) is 23.6 Å². The number of allylic oxidation sites excluding steroid dienone is 1. The van der Waals surface area contributed by atoms with Crippen LogP contribution in [0.15, 0.2) is 126 Å². The molecule has 0 radical (unpaired) electrons. The first-order valence-corrected chi connectivity index (χ1v) is 14.9. The summed E-state index contributed by atoms with van der Waals surface area (Å²) in [6.45, 7) is 2.35. The van der Waals surface area contributed by atoms with Gasteiger partial charge >= 0.3 is 0 Å². The van der Waals surface area contributed by atoms with Gasteiger partial charge in [-0.25, -0.2) is 4.68 Å². The van der Waals surface area contributed by atoms with Gasteiger partial charge in [0.1, 0.15) is 24.1 Å². The van der Waals surface area contributed by atoms with Crippen LogP contribution in [0.5, 0.6) is 11.5 Å². The SMILES string of the molecule is COc1ccccc1NC(=O)C1=C(C)Nc2nc(SCc3ccccc3)nn2C1c1ccc(OCc2ccccc2)cc1. The molecule has 0 saturated carbocycles. The third-order valence-electron chi connectivity index (χ3n) is 7.09. The Labute approximate surface area is 254 Å². The maximum absolute atomic E-state index is 13.9. The molecule has 4 aromatic carbocycles. The summed E-state index contributed by atoms with van der Waals surface area (Å²) in [6.07, 6.45) is 0. The fourth-order valence-corrected chi connectivity index (χ4v) is 5.73. The van der Waals surface area contributed by atoms with Gasteiger partial charge in [-0.3, -0.25) is 4.79 Å². The molecule has 8 nitrogen and oxygen atoms in total. The third-order valence-corrected chi connectivity index (χ3v) is 8.00. The zero-order valence-corrected chi connectivity index (χ0v) is 24.7. The zero-order chi connectivity index (χ0) is 29.6. The lowest BCUT2D eigenvalue weighted by molar-refractivity contribution is -0.113. The van der Waals surface area contributed by atoms with Gasteiger partial charge in [0.25, 0.3) is 5.91 Å². The molecule has 2 N–H and O–H groups in total. The van der Waals surface area contributed by atoms with E-state index in [1.807, 2.05) is 104 Å². The van der Waals surface area contributed by atoms with Crippen LogP contribution in [-0.4, -0.2) is 27.8 Å². The van der Waals surface area contributed by atoms with Gasteiger partial charge < -0.3 is 20.1 Å². The van der Waals surface area contributed by atoms with Crippen molar-refractivity contribution in [2.24, 2.45) is 0 Å². The van der Waals surface area contributed by atoms with Crippen LogP contribution in [0.3, 0.4) is 0 Å². The van der Waals surface area contributed by atoms with E-state index in [-0.39, 0.29) is 5.91 Å². The fraction of sp³-hybridized carbons (Fsp3) is 0.147. The minimum Gasteiger partial charge on any atom is -0.495 e. The van der Waals surface area contributed by atoms with E-state index in [2.05, 4.69) is 22.8 Å². The molecular formula is C34H31N5O3S. The van der Waals surface area contributed by atoms with Crippen molar-refractivity contribution >= 4 is 29.3 Å². The number of hydrogen-bond donors (Lipinski definition) is 2. The summed E-state index contributed by atoms with van der Waals surface area (Å²) >= 11 is 1.55. The number of nitrogens with zero attached hydrogens (tertiary/aromatic N) is 3. The van der Waals surface area contributed by atoms with Gasteiger partial charge in [-0.05, 0) is 47.9 Å². The highest BCUT2D eigenvalue weighted by molar-refractivity contribution is 7.98. The normalized spacial score (nSPS) is 14.0. The van der Waals surface area contributed by atoms with Crippen molar-refractivity contribution in [1.29, 1.82) is 0 Å². The summed E-state index contributed by atoms with van der Waals surface area (Å²) in [5.41, 5.74) is 4.96. The number of anilines is 2. The molecule has 0 fully saturated rings. The second-order valence-corrected chi connectivity index (χ2v) is 10.9. The lowest BCUT2D eigenvalue weighted by Gasteiger charge is -2.29. The summed E-state index contributed by atoms with van der Waals surface area (Å²) in [4.78, 5) is 18.7. The minimum atomic E-state index is -0.521. The molecule has 1 aromatic heterocycles. The molecule has 216 valence electrons. The van der Waals surface area contributed by atoms with E-state index in [0.29, 0.717) is 40.4 Å². The number of methoxy groups -OCH3 is 1. The number of benzene rings is 4. The quantitative estimate of drug-likeness (QED) is 0.168. The number of thioether (sulfide) groups is 1. The number of fused-ring (bicyclic) bond motifs is 1. The number of rotatable bonds is 10. The first-order chi connectivity index (χ1) is 21.1. The smallest absolute Gasteiger partial charge is 0.255 e. The largest absolute Gasteiger partial charge is 0.495 e. The Hall–Kier alpha value is -5.02. The molecule has 6 rings (SSSR count). The summed E-state index contributed by atoms with van der Waals surface area (Å²) in [6, 6.07) is 34.9. The number of hydrogen-bond acceptors (Lipinski definition) is 7. The Balaban J connectivity index is 1.31. The van der Waals surface area contributed by atoms with Crippen molar-refractivity contribution in [3.05, 3.63) is 137 Å². The molecule has 1 aliphatic heterocycles. The Kier molecular flexibility index (Phi) is 8.42. The van der Waals surface area contributed by atoms with Crippen LogP contribution in [0.25, 0.3) is 0 Å². The Bertz CT molecular complexity index is 1740. The Morgan fingerprint density at radius 1 is 0.907 bits per heavy atom. The van der Waals surface area contributed by atoms with Gasteiger partial charge in [-0.1, -0.05) is 96.7 Å². The van der Waals surface area contributed by atoms with E-state index in [9.17, 15) is 4.79 Å². The second kappa shape index (κ2) is 12.9. The summed E-state index contributed by atoms with van der Waals surface area (Å²) in [5, 5.41) is 11.8. The average molecular weight is 590 g/mol. The molecular weight excluding hydrogens is 558 g/mol. The first kappa shape index (κ1) is 28.1. The van der Waals surface area contributed by atoms with Crippen LogP contribution in [-0.2, 0) is 17.2 Å². The topological polar surface area (TPSA) is 90.3 Å². The lowest BCUT2D eigenvalue weighted by Crippen LogP contribution is -2.31. The standard InChI is InChI=1S/C34H31N5O3S/c1-23-30(32(40)36-28-15-9-10-16-29(28)41-2)31(26-17-19-27(20-18-26)42-21-24-11-5-3-6-12-24)39-33(35-23)37-34(38-39)43-22-25-13-7-4-8-14-25/h3-20,31H,21-22H2,1-2H3,(H,36,40)(H,35,37,38). The van der Waals surface area contributed by atoms with Crippen LogP contribution < -0.4 is 20.1 Å². The van der Waals surface area contributed by atoms with Crippen molar-refractivity contribution in [3.63, 3.8) is 0 Å². The second-order valence-electron chi connectivity index (χ2n) is 10.0. The molecule has 0 bridgehead atoms. The number of carbonyl (C=O) groups excluding carboxylic acids is 1. The number of ether oxygens (including phenoxy) is 2. The van der Waals surface area contributed by atoms with Crippen molar-refractivity contribution in [3.8, 4) is 11.5 Å². The highest BCUT2D eigenvalue weighted by Gasteiger charge is 2.34. The van der Waals surface area contributed by atoms with Gasteiger partial charge in [0.15, 0.2) is 0 Å².